The number of anilines is 1. The summed E-state index contributed by atoms with van der Waals surface area (Å²) >= 11 is 0. The molecule has 0 bridgehead atoms. The summed E-state index contributed by atoms with van der Waals surface area (Å²) in [6.07, 6.45) is 1.94. The lowest BCUT2D eigenvalue weighted by molar-refractivity contribution is -0.121. The van der Waals surface area contributed by atoms with Crippen molar-refractivity contribution in [3.8, 4) is 22.9 Å². The molecular formula is C22H21N3O4. The Labute approximate surface area is 168 Å². The molecule has 2 aliphatic rings. The number of methoxy groups -OCH3 is 1. The lowest BCUT2D eigenvalue weighted by Crippen LogP contribution is -2.38. The monoisotopic (exact) mass is 391 g/mol. The van der Waals surface area contributed by atoms with Gasteiger partial charge in [0, 0.05) is 12.1 Å². The molecule has 0 atom stereocenters. The van der Waals surface area contributed by atoms with Gasteiger partial charge in [-0.25, -0.2) is 0 Å². The third-order valence-corrected chi connectivity index (χ3v) is 5.70. The Hall–Kier alpha value is -3.35. The number of amides is 1. The number of benzene rings is 2. The summed E-state index contributed by atoms with van der Waals surface area (Å²) in [6.45, 7) is 2.59. The molecule has 0 N–H and O–H groups in total. The van der Waals surface area contributed by atoms with Crippen LogP contribution in [0.2, 0.25) is 0 Å². The van der Waals surface area contributed by atoms with Crippen molar-refractivity contribution in [2.24, 2.45) is 0 Å². The van der Waals surface area contributed by atoms with E-state index in [2.05, 4.69) is 17.3 Å². The van der Waals surface area contributed by atoms with Gasteiger partial charge < -0.3 is 18.9 Å². The molecule has 29 heavy (non-hydrogen) atoms. The van der Waals surface area contributed by atoms with Gasteiger partial charge in [-0.3, -0.25) is 4.79 Å². The van der Waals surface area contributed by atoms with E-state index in [-0.39, 0.29) is 17.9 Å². The van der Waals surface area contributed by atoms with Gasteiger partial charge in [-0.05, 0) is 55.7 Å². The van der Waals surface area contributed by atoms with Crippen molar-refractivity contribution in [1.82, 2.24) is 10.1 Å². The van der Waals surface area contributed by atoms with E-state index in [1.54, 1.807) is 12.0 Å². The number of carbonyl (C=O) groups excluding carboxylic acids is 1. The van der Waals surface area contributed by atoms with Gasteiger partial charge in [0.2, 0.25) is 11.7 Å². The van der Waals surface area contributed by atoms with Crippen LogP contribution in [0.25, 0.3) is 11.4 Å². The highest BCUT2D eigenvalue weighted by atomic mass is 16.5. The molecular weight excluding hydrogens is 370 g/mol. The van der Waals surface area contributed by atoms with Gasteiger partial charge in [-0.1, -0.05) is 17.3 Å². The molecule has 2 aromatic carbocycles. The molecule has 2 heterocycles. The second-order valence-electron chi connectivity index (χ2n) is 7.34. The molecule has 3 aromatic rings. The number of hydrogen-bond donors (Lipinski definition) is 0. The number of likely N-dealkylation sites (N-methyl/N-ethyl adjacent to an activating group) is 1. The highest BCUT2D eigenvalue weighted by Gasteiger charge is 2.51. The van der Waals surface area contributed by atoms with Crippen LogP contribution in [0, 0.1) is 0 Å². The molecule has 7 heteroatoms. The predicted molar refractivity (Wildman–Crippen MR) is 106 cm³/mol. The first-order chi connectivity index (χ1) is 14.1. The molecule has 0 radical (unpaired) electrons. The molecule has 148 valence electrons. The Balaban J connectivity index is 1.48. The molecule has 0 spiro atoms. The largest absolute Gasteiger partial charge is 0.497 e. The van der Waals surface area contributed by atoms with Gasteiger partial charge in [0.05, 0.1) is 18.2 Å². The van der Waals surface area contributed by atoms with E-state index in [0.717, 1.165) is 35.4 Å². The zero-order chi connectivity index (χ0) is 20.0. The standard InChI is InChI=1S/C22H21N3O4/c1-3-25-17-12-14(4-9-18(17)28-13-19(25)26)20-23-21(29-24-20)22(10-11-22)15-5-7-16(27-2)8-6-15/h4-9,12H,3,10-11,13H2,1-2H3. The predicted octanol–water partition coefficient (Wildman–Crippen LogP) is 3.57. The average molecular weight is 391 g/mol. The van der Waals surface area contributed by atoms with Crippen LogP contribution in [-0.2, 0) is 10.2 Å². The van der Waals surface area contributed by atoms with E-state index in [9.17, 15) is 4.79 Å². The number of fused-ring (bicyclic) bond motifs is 1. The van der Waals surface area contributed by atoms with Crippen LogP contribution in [-0.4, -0.2) is 36.3 Å². The fourth-order valence-electron chi connectivity index (χ4n) is 3.88. The lowest BCUT2D eigenvalue weighted by Gasteiger charge is -2.28. The van der Waals surface area contributed by atoms with Crippen molar-refractivity contribution in [2.75, 3.05) is 25.2 Å². The Morgan fingerprint density at radius 1 is 1.17 bits per heavy atom. The number of rotatable bonds is 5. The van der Waals surface area contributed by atoms with Crippen LogP contribution < -0.4 is 14.4 Å². The van der Waals surface area contributed by atoms with Gasteiger partial charge in [0.1, 0.15) is 11.5 Å². The summed E-state index contributed by atoms with van der Waals surface area (Å²) < 4.78 is 16.5. The maximum absolute atomic E-state index is 12.1. The minimum absolute atomic E-state index is 0.0533. The molecule has 5 rings (SSSR count). The fourth-order valence-corrected chi connectivity index (χ4v) is 3.88. The van der Waals surface area contributed by atoms with Crippen molar-refractivity contribution < 1.29 is 18.8 Å². The van der Waals surface area contributed by atoms with Crippen molar-refractivity contribution in [3.05, 3.63) is 53.9 Å². The van der Waals surface area contributed by atoms with Crippen LogP contribution >= 0.6 is 0 Å². The zero-order valence-electron chi connectivity index (χ0n) is 16.3. The van der Waals surface area contributed by atoms with Crippen LogP contribution in [0.3, 0.4) is 0 Å². The van der Waals surface area contributed by atoms with Gasteiger partial charge in [0.15, 0.2) is 6.61 Å². The molecule has 7 nitrogen and oxygen atoms in total. The molecule has 1 aromatic heterocycles. The Bertz CT molecular complexity index is 1070. The van der Waals surface area contributed by atoms with Crippen LogP contribution in [0.15, 0.2) is 47.0 Å². The molecule has 1 fully saturated rings. The number of hydrogen-bond acceptors (Lipinski definition) is 6. The van der Waals surface area contributed by atoms with E-state index in [1.807, 2.05) is 37.3 Å². The molecule has 1 aliphatic carbocycles. The quantitative estimate of drug-likeness (QED) is 0.662. The second kappa shape index (κ2) is 6.62. The summed E-state index contributed by atoms with van der Waals surface area (Å²) in [5, 5.41) is 4.22. The molecule has 1 aliphatic heterocycles. The zero-order valence-corrected chi connectivity index (χ0v) is 16.3. The van der Waals surface area contributed by atoms with Gasteiger partial charge in [-0.2, -0.15) is 4.98 Å². The Morgan fingerprint density at radius 2 is 1.97 bits per heavy atom. The maximum atomic E-state index is 12.1. The van der Waals surface area contributed by atoms with E-state index in [1.165, 1.54) is 0 Å². The summed E-state index contributed by atoms with van der Waals surface area (Å²) in [7, 11) is 1.66. The normalized spacial score (nSPS) is 16.9. The first-order valence-electron chi connectivity index (χ1n) is 9.71. The average Bonchev–Trinajstić information content (AvgIpc) is 3.42. The van der Waals surface area contributed by atoms with Crippen molar-refractivity contribution in [1.29, 1.82) is 0 Å². The Morgan fingerprint density at radius 3 is 2.66 bits per heavy atom. The van der Waals surface area contributed by atoms with E-state index >= 15 is 0 Å². The highest BCUT2D eigenvalue weighted by Crippen LogP contribution is 2.53. The fraction of sp³-hybridized carbons (Fsp3) is 0.318. The first kappa shape index (κ1) is 17.7. The number of nitrogens with zero attached hydrogens (tertiary/aromatic N) is 3. The summed E-state index contributed by atoms with van der Waals surface area (Å²) in [6, 6.07) is 13.6. The smallest absolute Gasteiger partial charge is 0.265 e. The SMILES string of the molecule is CCN1C(=O)COc2ccc(-c3noc(C4(c5ccc(OC)cc5)CC4)n3)cc21. The summed E-state index contributed by atoms with van der Waals surface area (Å²) in [5.41, 5.74) is 2.46. The number of carbonyl (C=O) groups is 1. The van der Waals surface area contributed by atoms with E-state index < -0.39 is 0 Å². The van der Waals surface area contributed by atoms with Crippen LogP contribution in [0.5, 0.6) is 11.5 Å². The highest BCUT2D eigenvalue weighted by molar-refractivity contribution is 5.98. The number of ether oxygens (including phenoxy) is 2. The third kappa shape index (κ3) is 2.85. The molecule has 1 saturated carbocycles. The van der Waals surface area contributed by atoms with Crippen LogP contribution in [0.1, 0.15) is 31.2 Å². The van der Waals surface area contributed by atoms with Crippen molar-refractivity contribution in [2.45, 2.75) is 25.2 Å². The second-order valence-corrected chi connectivity index (χ2v) is 7.34. The van der Waals surface area contributed by atoms with Gasteiger partial charge in [-0.15, -0.1) is 0 Å². The molecule has 0 saturated heterocycles. The van der Waals surface area contributed by atoms with Crippen molar-refractivity contribution in [3.63, 3.8) is 0 Å². The third-order valence-electron chi connectivity index (χ3n) is 5.70. The number of aromatic nitrogens is 2. The minimum Gasteiger partial charge on any atom is -0.497 e. The van der Waals surface area contributed by atoms with Crippen molar-refractivity contribution >= 4 is 11.6 Å². The Kier molecular flexibility index (Phi) is 4.04. The topological polar surface area (TPSA) is 77.7 Å². The van der Waals surface area contributed by atoms with Crippen LogP contribution in [0.4, 0.5) is 5.69 Å². The lowest BCUT2D eigenvalue weighted by atomic mass is 9.96. The summed E-state index contributed by atoms with van der Waals surface area (Å²) in [4.78, 5) is 18.5. The van der Waals surface area contributed by atoms with Gasteiger partial charge in [0.25, 0.3) is 5.91 Å². The van der Waals surface area contributed by atoms with E-state index in [0.29, 0.717) is 24.0 Å². The van der Waals surface area contributed by atoms with E-state index in [4.69, 9.17) is 19.0 Å². The molecule has 0 unspecified atom stereocenters. The maximum Gasteiger partial charge on any atom is 0.265 e. The summed E-state index contributed by atoms with van der Waals surface area (Å²) in [5.74, 6) is 2.59. The minimum atomic E-state index is -0.222. The first-order valence-corrected chi connectivity index (χ1v) is 9.71. The molecule has 1 amide bonds. The van der Waals surface area contributed by atoms with Gasteiger partial charge >= 0.3 is 0 Å².